The number of unbranched alkanes of at least 4 members (excludes halogenated alkanes) is 2. The standard InChI is InChI=1S/C16H20N4O/c1-2-3-7-10-17-15-11-14(18-12-19-15)16(21)20-13-8-5-4-6-9-13/h4-6,8-9,11-12H,2-3,7,10H2,1H3,(H,20,21)(H,17,18,19). The zero-order valence-corrected chi connectivity index (χ0v) is 12.2. The van der Waals surface area contributed by atoms with Gasteiger partial charge in [0.05, 0.1) is 0 Å². The topological polar surface area (TPSA) is 66.9 Å². The molecule has 0 fully saturated rings. The summed E-state index contributed by atoms with van der Waals surface area (Å²) in [6, 6.07) is 11.0. The highest BCUT2D eigenvalue weighted by molar-refractivity contribution is 6.03. The van der Waals surface area contributed by atoms with Crippen molar-refractivity contribution in [2.24, 2.45) is 0 Å². The van der Waals surface area contributed by atoms with Crippen molar-refractivity contribution in [3.05, 3.63) is 48.4 Å². The predicted molar refractivity (Wildman–Crippen MR) is 84.4 cm³/mol. The van der Waals surface area contributed by atoms with E-state index in [-0.39, 0.29) is 5.91 Å². The van der Waals surface area contributed by atoms with Crippen LogP contribution in [0.25, 0.3) is 0 Å². The number of carbonyl (C=O) groups is 1. The Labute approximate surface area is 124 Å². The third kappa shape index (κ3) is 4.87. The monoisotopic (exact) mass is 284 g/mol. The molecule has 2 N–H and O–H groups in total. The van der Waals surface area contributed by atoms with Crippen molar-refractivity contribution in [3.63, 3.8) is 0 Å². The third-order valence-electron chi connectivity index (χ3n) is 3.02. The summed E-state index contributed by atoms with van der Waals surface area (Å²) >= 11 is 0. The summed E-state index contributed by atoms with van der Waals surface area (Å²) in [4.78, 5) is 20.3. The molecule has 0 bridgehead atoms. The fourth-order valence-corrected chi connectivity index (χ4v) is 1.89. The van der Waals surface area contributed by atoms with Gasteiger partial charge in [-0.1, -0.05) is 38.0 Å². The number of hydrogen-bond acceptors (Lipinski definition) is 4. The van der Waals surface area contributed by atoms with Crippen molar-refractivity contribution in [2.45, 2.75) is 26.2 Å². The molecule has 1 aromatic heterocycles. The molecule has 0 radical (unpaired) electrons. The quantitative estimate of drug-likeness (QED) is 0.765. The number of anilines is 2. The average molecular weight is 284 g/mol. The smallest absolute Gasteiger partial charge is 0.274 e. The van der Waals surface area contributed by atoms with Crippen LogP contribution in [0, 0.1) is 0 Å². The lowest BCUT2D eigenvalue weighted by molar-refractivity contribution is 0.102. The minimum Gasteiger partial charge on any atom is -0.370 e. The molecule has 1 aromatic carbocycles. The van der Waals surface area contributed by atoms with Crippen LogP contribution in [0.1, 0.15) is 36.7 Å². The number of amides is 1. The first kappa shape index (κ1) is 15.0. The van der Waals surface area contributed by atoms with E-state index < -0.39 is 0 Å². The van der Waals surface area contributed by atoms with Crippen molar-refractivity contribution in [2.75, 3.05) is 17.2 Å². The normalized spacial score (nSPS) is 10.1. The lowest BCUT2D eigenvalue weighted by Crippen LogP contribution is -2.14. The second-order valence-electron chi connectivity index (χ2n) is 4.74. The van der Waals surface area contributed by atoms with E-state index in [2.05, 4.69) is 27.5 Å². The fourth-order valence-electron chi connectivity index (χ4n) is 1.89. The van der Waals surface area contributed by atoms with Crippen LogP contribution in [0.15, 0.2) is 42.7 Å². The number of rotatable bonds is 7. The molecule has 1 amide bonds. The van der Waals surface area contributed by atoms with E-state index in [0.29, 0.717) is 11.5 Å². The number of hydrogen-bond donors (Lipinski definition) is 2. The van der Waals surface area contributed by atoms with E-state index >= 15 is 0 Å². The molecule has 110 valence electrons. The Bertz CT molecular complexity index is 571. The molecule has 2 rings (SSSR count). The number of carbonyl (C=O) groups excluding carboxylic acids is 1. The van der Waals surface area contributed by atoms with Crippen molar-refractivity contribution >= 4 is 17.4 Å². The highest BCUT2D eigenvalue weighted by Gasteiger charge is 2.08. The van der Waals surface area contributed by atoms with Crippen LogP contribution in [-0.4, -0.2) is 22.4 Å². The lowest BCUT2D eigenvalue weighted by atomic mass is 10.2. The molecule has 5 heteroatoms. The SMILES string of the molecule is CCCCCNc1cc(C(=O)Nc2ccccc2)ncn1. The van der Waals surface area contributed by atoms with E-state index in [4.69, 9.17) is 0 Å². The summed E-state index contributed by atoms with van der Waals surface area (Å²) in [7, 11) is 0. The van der Waals surface area contributed by atoms with Gasteiger partial charge in [0.15, 0.2) is 0 Å². The molecule has 0 aliphatic rings. The summed E-state index contributed by atoms with van der Waals surface area (Å²) in [5.41, 5.74) is 1.10. The highest BCUT2D eigenvalue weighted by Crippen LogP contribution is 2.09. The highest BCUT2D eigenvalue weighted by atomic mass is 16.1. The van der Waals surface area contributed by atoms with Crippen molar-refractivity contribution < 1.29 is 4.79 Å². The third-order valence-corrected chi connectivity index (χ3v) is 3.02. The molecule has 5 nitrogen and oxygen atoms in total. The summed E-state index contributed by atoms with van der Waals surface area (Å²) in [5, 5.41) is 6.01. The van der Waals surface area contributed by atoms with Gasteiger partial charge in [-0.3, -0.25) is 4.79 Å². The van der Waals surface area contributed by atoms with Gasteiger partial charge in [-0.15, -0.1) is 0 Å². The van der Waals surface area contributed by atoms with Crippen LogP contribution in [0.3, 0.4) is 0 Å². The second-order valence-corrected chi connectivity index (χ2v) is 4.74. The van der Waals surface area contributed by atoms with Crippen LogP contribution in [0.5, 0.6) is 0 Å². The van der Waals surface area contributed by atoms with Gasteiger partial charge < -0.3 is 10.6 Å². The minimum atomic E-state index is -0.236. The van der Waals surface area contributed by atoms with Gasteiger partial charge in [0.1, 0.15) is 17.8 Å². The van der Waals surface area contributed by atoms with E-state index in [1.54, 1.807) is 6.07 Å². The molecular formula is C16H20N4O. The molecule has 0 saturated heterocycles. The van der Waals surface area contributed by atoms with Gasteiger partial charge in [0, 0.05) is 18.3 Å². The maximum Gasteiger partial charge on any atom is 0.274 e. The first-order chi connectivity index (χ1) is 10.3. The zero-order valence-electron chi connectivity index (χ0n) is 12.2. The summed E-state index contributed by atoms with van der Waals surface area (Å²) < 4.78 is 0. The van der Waals surface area contributed by atoms with Crippen LogP contribution < -0.4 is 10.6 Å². The molecular weight excluding hydrogens is 264 g/mol. The Morgan fingerprint density at radius 3 is 2.71 bits per heavy atom. The molecule has 2 aromatic rings. The summed E-state index contributed by atoms with van der Waals surface area (Å²) in [6.07, 6.45) is 4.85. The molecule has 0 aliphatic heterocycles. The van der Waals surface area contributed by atoms with E-state index in [0.717, 1.165) is 18.7 Å². The van der Waals surface area contributed by atoms with Crippen molar-refractivity contribution in [3.8, 4) is 0 Å². The fraction of sp³-hybridized carbons (Fsp3) is 0.312. The number of para-hydroxylation sites is 1. The Kier molecular flexibility index (Phi) is 5.70. The van der Waals surface area contributed by atoms with Crippen molar-refractivity contribution in [1.29, 1.82) is 0 Å². The zero-order chi connectivity index (χ0) is 14.9. The van der Waals surface area contributed by atoms with Gasteiger partial charge in [0.2, 0.25) is 0 Å². The first-order valence-electron chi connectivity index (χ1n) is 7.22. The number of nitrogens with one attached hydrogen (secondary N) is 2. The molecule has 0 unspecified atom stereocenters. The van der Waals surface area contributed by atoms with Crippen LogP contribution >= 0.6 is 0 Å². The number of aromatic nitrogens is 2. The lowest BCUT2D eigenvalue weighted by Gasteiger charge is -2.07. The van der Waals surface area contributed by atoms with Gasteiger partial charge in [-0.05, 0) is 18.6 Å². The predicted octanol–water partition coefficient (Wildman–Crippen LogP) is 3.33. The molecule has 0 atom stereocenters. The van der Waals surface area contributed by atoms with Crippen LogP contribution in [0.2, 0.25) is 0 Å². The first-order valence-corrected chi connectivity index (χ1v) is 7.22. The second kappa shape index (κ2) is 7.99. The van der Waals surface area contributed by atoms with Gasteiger partial charge in [-0.25, -0.2) is 9.97 Å². The molecule has 0 spiro atoms. The number of nitrogens with zero attached hydrogens (tertiary/aromatic N) is 2. The van der Waals surface area contributed by atoms with E-state index in [9.17, 15) is 4.79 Å². The Morgan fingerprint density at radius 1 is 1.14 bits per heavy atom. The molecule has 0 aliphatic carbocycles. The van der Waals surface area contributed by atoms with Crippen LogP contribution in [0.4, 0.5) is 11.5 Å². The van der Waals surface area contributed by atoms with Gasteiger partial charge in [-0.2, -0.15) is 0 Å². The van der Waals surface area contributed by atoms with E-state index in [1.165, 1.54) is 19.2 Å². The van der Waals surface area contributed by atoms with Gasteiger partial charge >= 0.3 is 0 Å². The Balaban J connectivity index is 1.95. The summed E-state index contributed by atoms with van der Waals surface area (Å²) in [5.74, 6) is 0.444. The van der Waals surface area contributed by atoms with Crippen LogP contribution in [-0.2, 0) is 0 Å². The average Bonchev–Trinajstić information content (AvgIpc) is 2.53. The molecule has 1 heterocycles. The Hall–Kier alpha value is -2.43. The molecule has 21 heavy (non-hydrogen) atoms. The number of benzene rings is 1. The van der Waals surface area contributed by atoms with Crippen molar-refractivity contribution in [1.82, 2.24) is 9.97 Å². The maximum absolute atomic E-state index is 12.1. The molecule has 0 saturated carbocycles. The maximum atomic E-state index is 12.1. The van der Waals surface area contributed by atoms with Gasteiger partial charge in [0.25, 0.3) is 5.91 Å². The van der Waals surface area contributed by atoms with E-state index in [1.807, 2.05) is 30.3 Å². The summed E-state index contributed by atoms with van der Waals surface area (Å²) in [6.45, 7) is 3.02. The minimum absolute atomic E-state index is 0.236. The Morgan fingerprint density at radius 2 is 1.95 bits per heavy atom. The largest absolute Gasteiger partial charge is 0.370 e.